The van der Waals surface area contributed by atoms with Gasteiger partial charge < -0.3 is 4.90 Å². The van der Waals surface area contributed by atoms with Crippen molar-refractivity contribution in [3.63, 3.8) is 0 Å². The Balaban J connectivity index is 2.09. The first-order valence-corrected chi connectivity index (χ1v) is 5.56. The number of hydrogen-bond acceptors (Lipinski definition) is 3. The van der Waals surface area contributed by atoms with Crippen molar-refractivity contribution >= 4 is 17.5 Å². The summed E-state index contributed by atoms with van der Waals surface area (Å²) in [6, 6.07) is 4.10. The van der Waals surface area contributed by atoms with Gasteiger partial charge in [0.25, 0.3) is 0 Å². The highest BCUT2D eigenvalue weighted by Crippen LogP contribution is 2.22. The van der Waals surface area contributed by atoms with Gasteiger partial charge in [-0.15, -0.1) is 0 Å². The Hall–Kier alpha value is -1.84. The van der Waals surface area contributed by atoms with Crippen molar-refractivity contribution in [2.45, 2.75) is 12.8 Å². The Morgan fingerprint density at radius 2 is 2.12 bits per heavy atom. The minimum Gasteiger partial charge on any atom is -0.371 e. The summed E-state index contributed by atoms with van der Waals surface area (Å²) >= 11 is 0. The van der Waals surface area contributed by atoms with Gasteiger partial charge in [0.15, 0.2) is 6.29 Å². The lowest BCUT2D eigenvalue weighted by atomic mass is 10.2. The quantitative estimate of drug-likeness (QED) is 0.716. The zero-order valence-corrected chi connectivity index (χ0v) is 8.97. The minimum absolute atomic E-state index is 0.654. The van der Waals surface area contributed by atoms with Gasteiger partial charge >= 0.3 is 0 Å². The van der Waals surface area contributed by atoms with Crippen LogP contribution in [-0.4, -0.2) is 29.0 Å². The normalized spacial score (nSPS) is 15.9. The second-order valence-electron chi connectivity index (χ2n) is 4.13. The molecule has 0 unspecified atom stereocenters. The molecule has 1 fully saturated rings. The maximum Gasteiger partial charge on any atom is 0.153 e. The number of anilines is 1. The maximum absolute atomic E-state index is 10.8. The van der Waals surface area contributed by atoms with E-state index in [0.29, 0.717) is 5.56 Å². The lowest BCUT2D eigenvalue weighted by Crippen LogP contribution is -2.17. The summed E-state index contributed by atoms with van der Waals surface area (Å²) in [6.07, 6.45) is 6.89. The van der Waals surface area contributed by atoms with E-state index >= 15 is 0 Å². The van der Waals surface area contributed by atoms with Crippen LogP contribution in [0.15, 0.2) is 24.5 Å². The van der Waals surface area contributed by atoms with Gasteiger partial charge in [-0.25, -0.2) is 4.52 Å². The van der Waals surface area contributed by atoms with Crippen LogP contribution in [0.25, 0.3) is 5.52 Å². The fourth-order valence-electron chi connectivity index (χ4n) is 2.25. The van der Waals surface area contributed by atoms with Crippen LogP contribution in [0, 0.1) is 0 Å². The topological polar surface area (TPSA) is 37.6 Å². The van der Waals surface area contributed by atoms with E-state index in [1.807, 2.05) is 12.3 Å². The summed E-state index contributed by atoms with van der Waals surface area (Å²) < 4.78 is 1.74. The number of carbonyl (C=O) groups is 1. The number of rotatable bonds is 2. The third kappa shape index (κ3) is 1.38. The van der Waals surface area contributed by atoms with Crippen molar-refractivity contribution in [3.8, 4) is 0 Å². The molecule has 0 N–H and O–H groups in total. The molecule has 0 atom stereocenters. The van der Waals surface area contributed by atoms with Crippen LogP contribution in [-0.2, 0) is 0 Å². The van der Waals surface area contributed by atoms with Crippen LogP contribution >= 0.6 is 0 Å². The number of pyridine rings is 1. The Kier molecular flexibility index (Phi) is 2.13. The van der Waals surface area contributed by atoms with E-state index in [9.17, 15) is 4.79 Å². The van der Waals surface area contributed by atoms with Crippen LogP contribution in [0.5, 0.6) is 0 Å². The van der Waals surface area contributed by atoms with Gasteiger partial charge in [0, 0.05) is 25.0 Å². The average molecular weight is 215 g/mol. The van der Waals surface area contributed by atoms with E-state index in [2.05, 4.69) is 16.1 Å². The third-order valence-electron chi connectivity index (χ3n) is 3.13. The van der Waals surface area contributed by atoms with Crippen molar-refractivity contribution in [1.82, 2.24) is 9.61 Å². The first-order chi connectivity index (χ1) is 7.88. The van der Waals surface area contributed by atoms with Crippen LogP contribution in [0.3, 0.4) is 0 Å². The minimum atomic E-state index is 0.654. The average Bonchev–Trinajstić information content (AvgIpc) is 2.97. The summed E-state index contributed by atoms with van der Waals surface area (Å²) in [4.78, 5) is 13.2. The monoisotopic (exact) mass is 215 g/mol. The van der Waals surface area contributed by atoms with Crippen molar-refractivity contribution < 1.29 is 4.79 Å². The molecule has 3 heterocycles. The molecule has 1 aliphatic rings. The fraction of sp³-hybridized carbons (Fsp3) is 0.333. The second-order valence-corrected chi connectivity index (χ2v) is 4.13. The molecule has 0 spiro atoms. The molecule has 3 rings (SSSR count). The van der Waals surface area contributed by atoms with Gasteiger partial charge in [0.05, 0.1) is 17.3 Å². The molecular formula is C12H13N3O. The van der Waals surface area contributed by atoms with Gasteiger partial charge in [0.2, 0.25) is 0 Å². The molecule has 2 aromatic heterocycles. The molecule has 0 aliphatic carbocycles. The smallest absolute Gasteiger partial charge is 0.153 e. The number of hydrogen-bond donors (Lipinski definition) is 0. The summed E-state index contributed by atoms with van der Waals surface area (Å²) in [5.74, 6) is 0. The van der Waals surface area contributed by atoms with E-state index in [1.54, 1.807) is 10.7 Å². The predicted molar refractivity (Wildman–Crippen MR) is 62.0 cm³/mol. The van der Waals surface area contributed by atoms with E-state index in [4.69, 9.17) is 0 Å². The van der Waals surface area contributed by atoms with Crippen molar-refractivity contribution in [2.75, 3.05) is 18.0 Å². The summed E-state index contributed by atoms with van der Waals surface area (Å²) in [6.45, 7) is 2.22. The lowest BCUT2D eigenvalue weighted by Gasteiger charge is -2.17. The van der Waals surface area contributed by atoms with Crippen LogP contribution < -0.4 is 4.90 Å². The van der Waals surface area contributed by atoms with Crippen molar-refractivity contribution in [1.29, 1.82) is 0 Å². The van der Waals surface area contributed by atoms with Crippen molar-refractivity contribution in [2.24, 2.45) is 0 Å². The Morgan fingerprint density at radius 1 is 1.31 bits per heavy atom. The molecule has 1 aliphatic heterocycles. The Morgan fingerprint density at radius 3 is 2.88 bits per heavy atom. The van der Waals surface area contributed by atoms with E-state index in [0.717, 1.165) is 24.9 Å². The van der Waals surface area contributed by atoms with E-state index in [-0.39, 0.29) is 0 Å². The maximum atomic E-state index is 10.8. The standard InChI is InChI=1S/C12H13N3O/c16-9-10-8-13-15-6-3-11(7-12(10)15)14-4-1-2-5-14/h3,6-9H,1-2,4-5H2. The highest BCUT2D eigenvalue weighted by atomic mass is 16.1. The zero-order valence-electron chi connectivity index (χ0n) is 8.97. The molecule has 0 radical (unpaired) electrons. The van der Waals surface area contributed by atoms with Crippen LogP contribution in [0.1, 0.15) is 23.2 Å². The number of fused-ring (bicyclic) bond motifs is 1. The number of aldehydes is 1. The second kappa shape index (κ2) is 3.63. The summed E-state index contributed by atoms with van der Waals surface area (Å²) in [7, 11) is 0. The van der Waals surface area contributed by atoms with E-state index in [1.165, 1.54) is 18.5 Å². The van der Waals surface area contributed by atoms with Crippen LogP contribution in [0.4, 0.5) is 5.69 Å². The van der Waals surface area contributed by atoms with Crippen LogP contribution in [0.2, 0.25) is 0 Å². The molecule has 0 amide bonds. The van der Waals surface area contributed by atoms with Gasteiger partial charge in [-0.2, -0.15) is 5.10 Å². The van der Waals surface area contributed by atoms with Gasteiger partial charge in [-0.05, 0) is 25.0 Å². The Bertz CT molecular complexity index is 526. The van der Waals surface area contributed by atoms with Crippen molar-refractivity contribution in [3.05, 3.63) is 30.1 Å². The first kappa shape index (κ1) is 9.39. The zero-order chi connectivity index (χ0) is 11.0. The molecule has 2 aromatic rings. The molecule has 82 valence electrons. The molecule has 0 aromatic carbocycles. The predicted octanol–water partition coefficient (Wildman–Crippen LogP) is 1.75. The molecule has 1 saturated heterocycles. The first-order valence-electron chi connectivity index (χ1n) is 5.56. The summed E-state index contributed by atoms with van der Waals surface area (Å²) in [5.41, 5.74) is 2.73. The van der Waals surface area contributed by atoms with Gasteiger partial charge in [0.1, 0.15) is 0 Å². The SMILES string of the molecule is O=Cc1cnn2ccc(N3CCCC3)cc12. The molecular weight excluding hydrogens is 202 g/mol. The highest BCUT2D eigenvalue weighted by molar-refractivity contribution is 5.86. The number of carbonyl (C=O) groups excluding carboxylic acids is 1. The third-order valence-corrected chi connectivity index (χ3v) is 3.13. The fourth-order valence-corrected chi connectivity index (χ4v) is 2.25. The molecule has 4 heteroatoms. The lowest BCUT2D eigenvalue weighted by molar-refractivity contribution is 0.112. The largest absolute Gasteiger partial charge is 0.371 e. The number of aromatic nitrogens is 2. The molecule has 0 bridgehead atoms. The molecule has 4 nitrogen and oxygen atoms in total. The van der Waals surface area contributed by atoms with Gasteiger partial charge in [-0.3, -0.25) is 4.79 Å². The van der Waals surface area contributed by atoms with Gasteiger partial charge in [-0.1, -0.05) is 0 Å². The van der Waals surface area contributed by atoms with E-state index < -0.39 is 0 Å². The molecule has 16 heavy (non-hydrogen) atoms. The number of nitrogens with zero attached hydrogens (tertiary/aromatic N) is 3. The highest BCUT2D eigenvalue weighted by Gasteiger charge is 2.13. The Labute approximate surface area is 93.5 Å². The molecule has 0 saturated carbocycles. The summed E-state index contributed by atoms with van der Waals surface area (Å²) in [5, 5.41) is 4.12.